The molecule has 0 saturated heterocycles. The summed E-state index contributed by atoms with van der Waals surface area (Å²) in [7, 11) is -4.15. The number of halogens is 1. The number of benzene rings is 3. The number of hydrogen-bond donors (Lipinski definition) is 1. The lowest BCUT2D eigenvalue weighted by atomic mass is 10.1. The number of aryl methyl sites for hydroxylation is 3. The minimum Gasteiger partial charge on any atom is -0.354 e. The quantitative estimate of drug-likeness (QED) is 0.316. The van der Waals surface area contributed by atoms with Crippen LogP contribution in [0.5, 0.6) is 0 Å². The molecule has 0 aliphatic carbocycles. The lowest BCUT2D eigenvalue weighted by Gasteiger charge is -2.32. The van der Waals surface area contributed by atoms with Gasteiger partial charge in [0.05, 0.1) is 10.6 Å². The summed E-state index contributed by atoms with van der Waals surface area (Å²) in [6.07, 6.45) is 0. The van der Waals surface area contributed by atoms with Crippen LogP contribution in [0.15, 0.2) is 71.6 Å². The van der Waals surface area contributed by atoms with Crippen molar-refractivity contribution in [2.45, 2.75) is 59.0 Å². The predicted octanol–water partition coefficient (Wildman–Crippen LogP) is 5.65. The first kappa shape index (κ1) is 31.2. The molecule has 0 heterocycles. The van der Waals surface area contributed by atoms with Crippen LogP contribution in [0.25, 0.3) is 0 Å². The van der Waals surface area contributed by atoms with Crippen LogP contribution in [0.2, 0.25) is 5.02 Å². The third-order valence-electron chi connectivity index (χ3n) is 6.62. The van der Waals surface area contributed by atoms with Crippen molar-refractivity contribution in [3.05, 3.63) is 94.0 Å². The SMILES string of the molecule is Cc1ccc(S(=O)(=O)N(CC(=O)N(Cc2cccc(C)c2)[C@@H](C)C(=O)NCC(C)C)c2ccc(C)c(Cl)c2)cc1. The van der Waals surface area contributed by atoms with Gasteiger partial charge in [-0.1, -0.05) is 79.0 Å². The van der Waals surface area contributed by atoms with Gasteiger partial charge in [-0.15, -0.1) is 0 Å². The Hall–Kier alpha value is -3.36. The van der Waals surface area contributed by atoms with E-state index in [2.05, 4.69) is 5.32 Å². The Morgan fingerprint density at radius 3 is 2.17 bits per heavy atom. The highest BCUT2D eigenvalue weighted by molar-refractivity contribution is 7.92. The fourth-order valence-corrected chi connectivity index (χ4v) is 5.73. The molecule has 0 aliphatic rings. The van der Waals surface area contributed by atoms with Crippen molar-refractivity contribution < 1.29 is 18.0 Å². The third-order valence-corrected chi connectivity index (χ3v) is 8.81. The Balaban J connectivity index is 2.04. The fourth-order valence-electron chi connectivity index (χ4n) is 4.15. The molecule has 0 spiro atoms. The number of amides is 2. The number of nitrogens with zero attached hydrogens (tertiary/aromatic N) is 2. The predicted molar refractivity (Wildman–Crippen MR) is 161 cm³/mol. The summed E-state index contributed by atoms with van der Waals surface area (Å²) in [4.78, 5) is 28.6. The minimum absolute atomic E-state index is 0.0514. The van der Waals surface area contributed by atoms with Crippen molar-refractivity contribution in [1.82, 2.24) is 10.2 Å². The monoisotopic (exact) mass is 583 g/mol. The lowest BCUT2D eigenvalue weighted by Crippen LogP contribution is -2.51. The Labute approximate surface area is 243 Å². The second-order valence-electron chi connectivity index (χ2n) is 10.6. The van der Waals surface area contributed by atoms with Gasteiger partial charge < -0.3 is 10.2 Å². The number of rotatable bonds is 11. The van der Waals surface area contributed by atoms with E-state index in [0.717, 1.165) is 26.6 Å². The first-order valence-electron chi connectivity index (χ1n) is 13.3. The third kappa shape index (κ3) is 7.86. The van der Waals surface area contributed by atoms with E-state index >= 15 is 0 Å². The molecule has 1 atom stereocenters. The number of carbonyl (C=O) groups excluding carboxylic acids is 2. The van der Waals surface area contributed by atoms with Crippen LogP contribution in [0.3, 0.4) is 0 Å². The van der Waals surface area contributed by atoms with Gasteiger partial charge in [-0.3, -0.25) is 13.9 Å². The molecular formula is C31H38ClN3O4S. The van der Waals surface area contributed by atoms with Crippen LogP contribution in [0.1, 0.15) is 43.0 Å². The zero-order valence-electron chi connectivity index (χ0n) is 23.9. The van der Waals surface area contributed by atoms with Crippen LogP contribution in [0, 0.1) is 26.7 Å². The average molecular weight is 584 g/mol. The van der Waals surface area contributed by atoms with E-state index in [1.54, 1.807) is 37.3 Å². The van der Waals surface area contributed by atoms with Gasteiger partial charge in [-0.05, 0) is 69.0 Å². The zero-order chi connectivity index (χ0) is 29.6. The molecule has 0 saturated carbocycles. The van der Waals surface area contributed by atoms with Crippen molar-refractivity contribution >= 4 is 39.1 Å². The molecule has 1 N–H and O–H groups in total. The van der Waals surface area contributed by atoms with E-state index in [4.69, 9.17) is 11.6 Å². The molecule has 0 unspecified atom stereocenters. The van der Waals surface area contributed by atoms with Gasteiger partial charge >= 0.3 is 0 Å². The molecule has 40 heavy (non-hydrogen) atoms. The molecule has 0 bridgehead atoms. The number of carbonyl (C=O) groups is 2. The second kappa shape index (κ2) is 13.3. The van der Waals surface area contributed by atoms with Crippen molar-refractivity contribution in [1.29, 1.82) is 0 Å². The molecule has 9 heteroatoms. The molecular weight excluding hydrogens is 546 g/mol. The minimum atomic E-state index is -4.15. The Kier molecular flexibility index (Phi) is 10.4. The molecule has 0 aromatic heterocycles. The van der Waals surface area contributed by atoms with Gasteiger partial charge in [0.15, 0.2) is 0 Å². The smallest absolute Gasteiger partial charge is 0.264 e. The van der Waals surface area contributed by atoms with Crippen LogP contribution in [0.4, 0.5) is 5.69 Å². The molecule has 0 radical (unpaired) electrons. The lowest BCUT2D eigenvalue weighted by molar-refractivity contribution is -0.139. The van der Waals surface area contributed by atoms with E-state index in [1.165, 1.54) is 17.0 Å². The van der Waals surface area contributed by atoms with Gasteiger partial charge in [0, 0.05) is 18.1 Å². The maximum absolute atomic E-state index is 14.0. The van der Waals surface area contributed by atoms with E-state index in [9.17, 15) is 18.0 Å². The Morgan fingerprint density at radius 2 is 1.57 bits per heavy atom. The molecule has 7 nitrogen and oxygen atoms in total. The van der Waals surface area contributed by atoms with Crippen LogP contribution >= 0.6 is 11.6 Å². The second-order valence-corrected chi connectivity index (χ2v) is 12.9. The van der Waals surface area contributed by atoms with E-state index in [1.807, 2.05) is 58.9 Å². The normalized spacial score (nSPS) is 12.2. The zero-order valence-corrected chi connectivity index (χ0v) is 25.5. The summed E-state index contributed by atoms with van der Waals surface area (Å²) in [5.41, 5.74) is 3.80. The van der Waals surface area contributed by atoms with Crippen LogP contribution < -0.4 is 9.62 Å². The van der Waals surface area contributed by atoms with Gasteiger partial charge in [0.2, 0.25) is 11.8 Å². The molecule has 0 fully saturated rings. The summed E-state index contributed by atoms with van der Waals surface area (Å²) in [5.74, 6) is -0.583. The summed E-state index contributed by atoms with van der Waals surface area (Å²) >= 11 is 6.38. The number of sulfonamides is 1. The maximum Gasteiger partial charge on any atom is 0.264 e. The van der Waals surface area contributed by atoms with Gasteiger partial charge in [0.25, 0.3) is 10.0 Å². The standard InChI is InChI=1S/C31H38ClN3O4S/c1-21(2)18-33-31(37)25(6)34(19-26-9-7-8-23(4)16-26)30(36)20-35(27-13-12-24(5)29(32)17-27)40(38,39)28-14-10-22(3)11-15-28/h7-17,21,25H,18-20H2,1-6H3,(H,33,37)/t25-/m0/s1. The number of hydrogen-bond acceptors (Lipinski definition) is 4. The molecule has 3 aromatic rings. The van der Waals surface area contributed by atoms with Crippen molar-refractivity contribution in [3.63, 3.8) is 0 Å². The van der Waals surface area contributed by atoms with E-state index < -0.39 is 28.5 Å². The van der Waals surface area contributed by atoms with Crippen LogP contribution in [-0.4, -0.2) is 44.3 Å². The molecule has 3 rings (SSSR count). The average Bonchev–Trinajstić information content (AvgIpc) is 2.90. The maximum atomic E-state index is 14.0. The van der Waals surface area contributed by atoms with Crippen molar-refractivity contribution in [2.24, 2.45) is 5.92 Å². The highest BCUT2D eigenvalue weighted by Gasteiger charge is 2.32. The van der Waals surface area contributed by atoms with Gasteiger partial charge in [-0.25, -0.2) is 8.42 Å². The van der Waals surface area contributed by atoms with Crippen molar-refractivity contribution in [3.8, 4) is 0 Å². The Morgan fingerprint density at radius 1 is 0.900 bits per heavy atom. The fraction of sp³-hybridized carbons (Fsp3) is 0.355. The van der Waals surface area contributed by atoms with Gasteiger partial charge in [-0.2, -0.15) is 0 Å². The molecule has 3 aromatic carbocycles. The molecule has 214 valence electrons. The largest absolute Gasteiger partial charge is 0.354 e. The number of anilines is 1. The summed E-state index contributed by atoms with van der Waals surface area (Å²) < 4.78 is 28.9. The summed E-state index contributed by atoms with van der Waals surface area (Å²) in [6, 6.07) is 18.2. The van der Waals surface area contributed by atoms with E-state index in [0.29, 0.717) is 11.6 Å². The van der Waals surface area contributed by atoms with E-state index in [-0.39, 0.29) is 29.0 Å². The summed E-state index contributed by atoms with van der Waals surface area (Å²) in [6.45, 7) is 11.4. The van der Waals surface area contributed by atoms with Crippen molar-refractivity contribution in [2.75, 3.05) is 17.4 Å². The number of nitrogens with one attached hydrogen (secondary N) is 1. The molecule has 0 aliphatic heterocycles. The Bertz CT molecular complexity index is 1460. The topological polar surface area (TPSA) is 86.8 Å². The van der Waals surface area contributed by atoms with Crippen LogP contribution in [-0.2, 0) is 26.2 Å². The highest BCUT2D eigenvalue weighted by Crippen LogP contribution is 2.29. The molecule has 2 amide bonds. The highest BCUT2D eigenvalue weighted by atomic mass is 35.5. The summed E-state index contributed by atoms with van der Waals surface area (Å²) in [5, 5.41) is 3.27. The van der Waals surface area contributed by atoms with Gasteiger partial charge in [0.1, 0.15) is 12.6 Å². The first-order chi connectivity index (χ1) is 18.8. The first-order valence-corrected chi connectivity index (χ1v) is 15.1.